The van der Waals surface area contributed by atoms with E-state index in [-0.39, 0.29) is 10.8 Å². The van der Waals surface area contributed by atoms with Gasteiger partial charge in [-0.25, -0.2) is 12.8 Å². The van der Waals surface area contributed by atoms with Crippen molar-refractivity contribution in [1.29, 1.82) is 0 Å². The Morgan fingerprint density at radius 3 is 2.22 bits per heavy atom. The highest BCUT2D eigenvalue weighted by atomic mass is 32.2. The molecule has 1 amide bonds. The number of sulfonamides is 1. The first-order valence-electron chi connectivity index (χ1n) is 11.1. The summed E-state index contributed by atoms with van der Waals surface area (Å²) in [5.41, 5.74) is 1.55. The van der Waals surface area contributed by atoms with E-state index in [1.54, 1.807) is 12.1 Å². The lowest BCUT2D eigenvalue weighted by Gasteiger charge is -2.31. The molecule has 0 radical (unpaired) electrons. The van der Waals surface area contributed by atoms with Crippen molar-refractivity contribution in [2.24, 2.45) is 0 Å². The third kappa shape index (κ3) is 5.21. The summed E-state index contributed by atoms with van der Waals surface area (Å²) in [5, 5.41) is 3.29. The zero-order valence-corrected chi connectivity index (χ0v) is 18.8. The van der Waals surface area contributed by atoms with Crippen molar-refractivity contribution in [3.63, 3.8) is 0 Å². The third-order valence-corrected chi connectivity index (χ3v) is 7.34. The van der Waals surface area contributed by atoms with Gasteiger partial charge in [-0.15, -0.1) is 0 Å². The summed E-state index contributed by atoms with van der Waals surface area (Å²) in [6, 6.07) is 9.92. The number of hydrogen-bond acceptors (Lipinski definition) is 5. The second-order valence-corrected chi connectivity index (χ2v) is 9.92. The van der Waals surface area contributed by atoms with Gasteiger partial charge in [-0.2, -0.15) is 0 Å². The maximum absolute atomic E-state index is 13.3. The molecule has 2 heterocycles. The quantitative estimate of drug-likeness (QED) is 0.717. The van der Waals surface area contributed by atoms with E-state index in [9.17, 15) is 17.6 Å². The summed E-state index contributed by atoms with van der Waals surface area (Å²) in [6.07, 6.45) is 4.20. The van der Waals surface area contributed by atoms with Crippen LogP contribution in [0.1, 0.15) is 36.0 Å². The molecule has 172 valence electrons. The molecule has 0 saturated carbocycles. The second kappa shape index (κ2) is 9.87. The van der Waals surface area contributed by atoms with Crippen LogP contribution in [0.3, 0.4) is 0 Å². The molecule has 0 unspecified atom stereocenters. The predicted molar refractivity (Wildman–Crippen MR) is 123 cm³/mol. The summed E-state index contributed by atoms with van der Waals surface area (Å²) < 4.78 is 42.0. The van der Waals surface area contributed by atoms with Crippen LogP contribution >= 0.6 is 0 Å². The number of halogens is 1. The molecule has 2 aromatic rings. The van der Waals surface area contributed by atoms with Crippen molar-refractivity contribution >= 4 is 27.3 Å². The number of benzene rings is 2. The average molecular weight is 461 g/mol. The highest BCUT2D eigenvalue weighted by Gasteiger charge is 2.23. The van der Waals surface area contributed by atoms with Gasteiger partial charge in [0.25, 0.3) is 15.9 Å². The van der Waals surface area contributed by atoms with Crippen molar-refractivity contribution < 1.29 is 17.6 Å². The average Bonchev–Trinajstić information content (AvgIpc) is 3.09. The highest BCUT2D eigenvalue weighted by Crippen LogP contribution is 2.31. The molecule has 2 aliphatic rings. The van der Waals surface area contributed by atoms with E-state index in [2.05, 4.69) is 14.9 Å². The number of carbonyl (C=O) groups is 1. The number of nitrogens with zero attached hydrogens (tertiary/aromatic N) is 2. The molecule has 2 saturated heterocycles. The van der Waals surface area contributed by atoms with Crippen LogP contribution < -0.4 is 14.9 Å². The lowest BCUT2D eigenvalue weighted by atomic mass is 10.1. The van der Waals surface area contributed by atoms with E-state index in [0.717, 1.165) is 82.8 Å². The Kier molecular flexibility index (Phi) is 6.95. The van der Waals surface area contributed by atoms with Gasteiger partial charge in [0.05, 0.1) is 16.3 Å². The molecule has 0 bridgehead atoms. The predicted octanol–water partition coefficient (Wildman–Crippen LogP) is 3.05. The standard InChI is InChI=1S/C23H29FN4O3S/c24-19-6-8-20(9-7-19)32(30,31)26-21-17-18(23(29)28-13-3-1-2-4-14-28)5-10-22(21)27-15-11-25-12-16-27/h5-10,17,25-26H,1-4,11-16H2. The minimum Gasteiger partial charge on any atom is -0.367 e. The largest absolute Gasteiger partial charge is 0.367 e. The smallest absolute Gasteiger partial charge is 0.261 e. The maximum atomic E-state index is 13.3. The Labute approximate surface area is 188 Å². The molecule has 2 aliphatic heterocycles. The van der Waals surface area contributed by atoms with Gasteiger partial charge in [0.1, 0.15) is 5.82 Å². The normalized spacial score (nSPS) is 17.7. The first-order chi connectivity index (χ1) is 15.4. The number of rotatable bonds is 5. The van der Waals surface area contributed by atoms with E-state index in [4.69, 9.17) is 0 Å². The molecular weight excluding hydrogens is 431 g/mol. The molecule has 2 fully saturated rings. The second-order valence-electron chi connectivity index (χ2n) is 8.23. The van der Waals surface area contributed by atoms with Gasteiger partial charge in [-0.1, -0.05) is 12.8 Å². The first-order valence-corrected chi connectivity index (χ1v) is 12.6. The summed E-state index contributed by atoms with van der Waals surface area (Å²) in [4.78, 5) is 17.1. The number of anilines is 2. The molecular formula is C23H29FN4O3S. The zero-order valence-electron chi connectivity index (χ0n) is 18.0. The van der Waals surface area contributed by atoms with Gasteiger partial charge in [0.2, 0.25) is 0 Å². The number of hydrogen-bond donors (Lipinski definition) is 2. The summed E-state index contributed by atoms with van der Waals surface area (Å²) in [6.45, 7) is 4.47. The molecule has 2 aromatic carbocycles. The molecule has 4 rings (SSSR count). The van der Waals surface area contributed by atoms with E-state index in [1.807, 2.05) is 11.0 Å². The van der Waals surface area contributed by atoms with Crippen LogP contribution in [0.4, 0.5) is 15.8 Å². The van der Waals surface area contributed by atoms with Crippen molar-refractivity contribution in [1.82, 2.24) is 10.2 Å². The van der Waals surface area contributed by atoms with Crippen LogP contribution in [0.2, 0.25) is 0 Å². The molecule has 9 heteroatoms. The summed E-state index contributed by atoms with van der Waals surface area (Å²) >= 11 is 0. The van der Waals surface area contributed by atoms with Crippen LogP contribution in [-0.2, 0) is 10.0 Å². The van der Waals surface area contributed by atoms with Gasteiger partial charge in [0.15, 0.2) is 0 Å². The van der Waals surface area contributed by atoms with Crippen molar-refractivity contribution in [2.45, 2.75) is 30.6 Å². The lowest BCUT2D eigenvalue weighted by molar-refractivity contribution is 0.0761. The van der Waals surface area contributed by atoms with E-state index in [0.29, 0.717) is 11.3 Å². The fourth-order valence-corrected chi connectivity index (χ4v) is 5.27. The molecule has 0 aromatic heterocycles. The molecule has 0 atom stereocenters. The minimum atomic E-state index is -3.95. The monoisotopic (exact) mass is 460 g/mol. The number of nitrogens with one attached hydrogen (secondary N) is 2. The fourth-order valence-electron chi connectivity index (χ4n) is 4.21. The van der Waals surface area contributed by atoms with Gasteiger partial charge in [-0.3, -0.25) is 9.52 Å². The van der Waals surface area contributed by atoms with Crippen molar-refractivity contribution in [3.05, 3.63) is 53.8 Å². The number of piperazine rings is 1. The van der Waals surface area contributed by atoms with Gasteiger partial charge >= 0.3 is 0 Å². The summed E-state index contributed by atoms with van der Waals surface area (Å²) in [7, 11) is -3.95. The third-order valence-electron chi connectivity index (χ3n) is 5.96. The van der Waals surface area contributed by atoms with E-state index in [1.165, 1.54) is 12.1 Å². The molecule has 2 N–H and O–H groups in total. The Balaban J connectivity index is 1.67. The van der Waals surface area contributed by atoms with Crippen LogP contribution in [0.15, 0.2) is 47.4 Å². The molecule has 0 spiro atoms. The van der Waals surface area contributed by atoms with Gasteiger partial charge in [-0.05, 0) is 55.3 Å². The fraction of sp³-hybridized carbons (Fsp3) is 0.435. The van der Waals surface area contributed by atoms with Crippen LogP contribution in [-0.4, -0.2) is 58.5 Å². The molecule has 7 nitrogen and oxygen atoms in total. The van der Waals surface area contributed by atoms with E-state index >= 15 is 0 Å². The lowest BCUT2D eigenvalue weighted by Crippen LogP contribution is -2.43. The van der Waals surface area contributed by atoms with Crippen molar-refractivity contribution in [3.8, 4) is 0 Å². The van der Waals surface area contributed by atoms with Gasteiger partial charge < -0.3 is 15.1 Å². The number of carbonyl (C=O) groups excluding carboxylic acids is 1. The number of amides is 1. The summed E-state index contributed by atoms with van der Waals surface area (Å²) in [5.74, 6) is -0.587. The topological polar surface area (TPSA) is 81.8 Å². The highest BCUT2D eigenvalue weighted by molar-refractivity contribution is 7.92. The number of likely N-dealkylation sites (tertiary alicyclic amines) is 1. The van der Waals surface area contributed by atoms with Gasteiger partial charge in [0, 0.05) is 44.8 Å². The van der Waals surface area contributed by atoms with Crippen LogP contribution in [0.25, 0.3) is 0 Å². The Hall–Kier alpha value is -2.65. The van der Waals surface area contributed by atoms with Crippen LogP contribution in [0.5, 0.6) is 0 Å². The SMILES string of the molecule is O=C(c1ccc(N2CCNCC2)c(NS(=O)(=O)c2ccc(F)cc2)c1)N1CCCCCC1. The Morgan fingerprint density at radius 1 is 0.906 bits per heavy atom. The zero-order chi connectivity index (χ0) is 22.6. The van der Waals surface area contributed by atoms with E-state index < -0.39 is 15.8 Å². The molecule has 32 heavy (non-hydrogen) atoms. The maximum Gasteiger partial charge on any atom is 0.261 e. The Morgan fingerprint density at radius 2 is 1.56 bits per heavy atom. The van der Waals surface area contributed by atoms with Crippen LogP contribution in [0, 0.1) is 5.82 Å². The Bertz CT molecular complexity index is 1050. The van der Waals surface area contributed by atoms with Crippen molar-refractivity contribution in [2.75, 3.05) is 48.9 Å². The minimum absolute atomic E-state index is 0.0330. The first kappa shape index (κ1) is 22.5. The molecule has 0 aliphatic carbocycles.